The molecule has 2 aromatic rings. The number of benzene rings is 2. The first-order valence-corrected chi connectivity index (χ1v) is 6.84. The van der Waals surface area contributed by atoms with Crippen molar-refractivity contribution in [2.24, 2.45) is 0 Å². The highest BCUT2D eigenvalue weighted by atomic mass is 35.5. The highest BCUT2D eigenvalue weighted by Gasteiger charge is 2.12. The first-order chi connectivity index (χ1) is 9.38. The van der Waals surface area contributed by atoms with Crippen LogP contribution >= 0.6 is 34.8 Å². The largest absolute Gasteiger partial charge is 0.396 e. The Morgan fingerprint density at radius 2 is 1.65 bits per heavy atom. The van der Waals surface area contributed by atoms with E-state index in [9.17, 15) is 4.79 Å². The summed E-state index contributed by atoms with van der Waals surface area (Å²) < 4.78 is 0. The summed E-state index contributed by atoms with van der Waals surface area (Å²) in [5.74, 6) is -0.362. The van der Waals surface area contributed by atoms with Gasteiger partial charge in [0.25, 0.3) is 5.91 Å². The van der Waals surface area contributed by atoms with E-state index in [-0.39, 0.29) is 21.6 Å². The molecule has 0 radical (unpaired) electrons. The zero-order chi connectivity index (χ0) is 14.9. The molecule has 0 fully saturated rings. The minimum absolute atomic E-state index is 0.234. The van der Waals surface area contributed by atoms with Crippen LogP contribution in [-0.4, -0.2) is 5.91 Å². The molecule has 104 valence electrons. The topological polar surface area (TPSA) is 55.1 Å². The first kappa shape index (κ1) is 15.0. The summed E-state index contributed by atoms with van der Waals surface area (Å²) >= 11 is 17.9. The summed E-state index contributed by atoms with van der Waals surface area (Å²) in [6, 6.07) is 8.26. The van der Waals surface area contributed by atoms with Crippen LogP contribution in [0.1, 0.15) is 15.9 Å². The molecule has 1 amide bonds. The minimum Gasteiger partial charge on any atom is -0.396 e. The maximum Gasteiger partial charge on any atom is 0.255 e. The van der Waals surface area contributed by atoms with E-state index in [1.165, 1.54) is 12.1 Å². The van der Waals surface area contributed by atoms with Crippen molar-refractivity contribution in [3.05, 3.63) is 56.5 Å². The zero-order valence-electron chi connectivity index (χ0n) is 10.5. The van der Waals surface area contributed by atoms with Crippen molar-refractivity contribution in [2.75, 3.05) is 11.1 Å². The Labute approximate surface area is 131 Å². The molecule has 0 saturated carbocycles. The molecule has 0 unspecified atom stereocenters. The highest BCUT2D eigenvalue weighted by Crippen LogP contribution is 2.30. The summed E-state index contributed by atoms with van der Waals surface area (Å²) in [6.45, 7) is 1.91. The molecular weight excluding hydrogens is 319 g/mol. The van der Waals surface area contributed by atoms with E-state index in [1.54, 1.807) is 12.1 Å². The molecule has 3 nitrogen and oxygen atoms in total. The third-order valence-electron chi connectivity index (χ3n) is 2.71. The molecule has 0 atom stereocenters. The van der Waals surface area contributed by atoms with Gasteiger partial charge in [-0.25, -0.2) is 0 Å². The lowest BCUT2D eigenvalue weighted by Gasteiger charge is -2.09. The summed E-state index contributed by atoms with van der Waals surface area (Å²) in [5.41, 5.74) is 7.71. The summed E-state index contributed by atoms with van der Waals surface area (Å²) in [7, 11) is 0. The summed E-state index contributed by atoms with van der Waals surface area (Å²) in [4.78, 5) is 12.1. The molecule has 0 heterocycles. The summed E-state index contributed by atoms with van der Waals surface area (Å²) in [5, 5.41) is 3.63. The number of hydrogen-bond acceptors (Lipinski definition) is 2. The van der Waals surface area contributed by atoms with Gasteiger partial charge in [0.2, 0.25) is 0 Å². The number of halogens is 3. The fraction of sp³-hybridized carbons (Fsp3) is 0.0714. The number of nitrogens with one attached hydrogen (secondary N) is 1. The van der Waals surface area contributed by atoms with Crippen molar-refractivity contribution in [1.29, 1.82) is 0 Å². The number of carbonyl (C=O) groups excluding carboxylic acids is 1. The van der Waals surface area contributed by atoms with E-state index in [0.717, 1.165) is 5.56 Å². The molecule has 6 heteroatoms. The Hall–Kier alpha value is -1.42. The van der Waals surface area contributed by atoms with Crippen LogP contribution in [0, 0.1) is 6.92 Å². The van der Waals surface area contributed by atoms with Crippen LogP contribution in [0.15, 0.2) is 30.3 Å². The summed E-state index contributed by atoms with van der Waals surface area (Å²) in [6.07, 6.45) is 0. The van der Waals surface area contributed by atoms with E-state index < -0.39 is 0 Å². The van der Waals surface area contributed by atoms with Gasteiger partial charge < -0.3 is 11.1 Å². The normalized spacial score (nSPS) is 10.4. The van der Waals surface area contributed by atoms with Gasteiger partial charge in [-0.15, -0.1) is 0 Å². The molecule has 0 spiro atoms. The molecule has 2 rings (SSSR count). The quantitative estimate of drug-likeness (QED) is 0.778. The van der Waals surface area contributed by atoms with Gasteiger partial charge in [0.05, 0.1) is 26.4 Å². The molecule has 0 aliphatic rings. The lowest BCUT2D eigenvalue weighted by molar-refractivity contribution is 0.102. The number of anilines is 2. The van der Waals surface area contributed by atoms with Crippen LogP contribution in [-0.2, 0) is 0 Å². The number of carbonyl (C=O) groups is 1. The van der Waals surface area contributed by atoms with E-state index in [0.29, 0.717) is 16.3 Å². The van der Waals surface area contributed by atoms with Gasteiger partial charge in [-0.3, -0.25) is 4.79 Å². The van der Waals surface area contributed by atoms with E-state index >= 15 is 0 Å². The number of aryl methyl sites for hydroxylation is 1. The predicted molar refractivity (Wildman–Crippen MR) is 85.0 cm³/mol. The van der Waals surface area contributed by atoms with Gasteiger partial charge in [0, 0.05) is 5.56 Å². The average Bonchev–Trinajstić information content (AvgIpc) is 2.38. The maximum absolute atomic E-state index is 12.1. The molecule has 20 heavy (non-hydrogen) atoms. The number of amides is 1. The fourth-order valence-corrected chi connectivity index (χ4v) is 2.40. The molecular formula is C14H11Cl3N2O. The average molecular weight is 330 g/mol. The SMILES string of the molecule is Cc1ccc(NC(=O)c2cc(Cl)c(N)c(Cl)c2)c(Cl)c1. The molecule has 0 saturated heterocycles. The Balaban J connectivity index is 2.28. The van der Waals surface area contributed by atoms with Gasteiger partial charge in [-0.05, 0) is 36.8 Å². The van der Waals surface area contributed by atoms with Crippen LogP contribution in [0.5, 0.6) is 0 Å². The lowest BCUT2D eigenvalue weighted by atomic mass is 10.1. The van der Waals surface area contributed by atoms with Crippen molar-refractivity contribution < 1.29 is 4.79 Å². The van der Waals surface area contributed by atoms with E-state index in [2.05, 4.69) is 5.32 Å². The number of rotatable bonds is 2. The standard InChI is InChI=1S/C14H11Cl3N2O/c1-7-2-3-12(9(15)4-7)19-14(20)8-5-10(16)13(18)11(17)6-8/h2-6H,18H2,1H3,(H,19,20). The van der Waals surface area contributed by atoms with Gasteiger partial charge in [0.15, 0.2) is 0 Å². The molecule has 3 N–H and O–H groups in total. The van der Waals surface area contributed by atoms with Crippen LogP contribution in [0.3, 0.4) is 0 Å². The highest BCUT2D eigenvalue weighted by molar-refractivity contribution is 6.39. The predicted octanol–water partition coefficient (Wildman–Crippen LogP) is 4.79. The van der Waals surface area contributed by atoms with Crippen molar-refractivity contribution in [1.82, 2.24) is 0 Å². The van der Waals surface area contributed by atoms with Crippen LogP contribution in [0.2, 0.25) is 15.1 Å². The smallest absolute Gasteiger partial charge is 0.255 e. The monoisotopic (exact) mass is 328 g/mol. The molecule has 0 bridgehead atoms. The van der Waals surface area contributed by atoms with E-state index in [4.69, 9.17) is 40.5 Å². The second kappa shape index (κ2) is 5.92. The number of hydrogen-bond donors (Lipinski definition) is 2. The van der Waals surface area contributed by atoms with Crippen LogP contribution in [0.4, 0.5) is 11.4 Å². The molecule has 0 aliphatic heterocycles. The number of nitrogen functional groups attached to an aromatic ring is 1. The second-order valence-corrected chi connectivity index (χ2v) is 5.51. The van der Waals surface area contributed by atoms with Crippen molar-refractivity contribution in [3.8, 4) is 0 Å². The van der Waals surface area contributed by atoms with Crippen LogP contribution in [0.25, 0.3) is 0 Å². The third-order valence-corrected chi connectivity index (χ3v) is 3.65. The zero-order valence-corrected chi connectivity index (χ0v) is 12.8. The maximum atomic E-state index is 12.1. The Bertz CT molecular complexity index is 663. The van der Waals surface area contributed by atoms with Gasteiger partial charge in [-0.1, -0.05) is 40.9 Å². The van der Waals surface area contributed by atoms with Crippen molar-refractivity contribution >= 4 is 52.1 Å². The van der Waals surface area contributed by atoms with Gasteiger partial charge >= 0.3 is 0 Å². The van der Waals surface area contributed by atoms with Gasteiger partial charge in [0.1, 0.15) is 0 Å². The first-order valence-electron chi connectivity index (χ1n) is 5.70. The molecule has 0 aromatic heterocycles. The van der Waals surface area contributed by atoms with Crippen molar-refractivity contribution in [2.45, 2.75) is 6.92 Å². The Kier molecular flexibility index (Phi) is 4.43. The fourth-order valence-electron chi connectivity index (χ4n) is 1.63. The van der Waals surface area contributed by atoms with Crippen molar-refractivity contribution in [3.63, 3.8) is 0 Å². The minimum atomic E-state index is -0.362. The number of nitrogens with two attached hydrogens (primary N) is 1. The third kappa shape index (κ3) is 3.18. The second-order valence-electron chi connectivity index (χ2n) is 4.29. The molecule has 0 aliphatic carbocycles. The Morgan fingerprint density at radius 3 is 2.20 bits per heavy atom. The van der Waals surface area contributed by atoms with Gasteiger partial charge in [-0.2, -0.15) is 0 Å². The van der Waals surface area contributed by atoms with E-state index in [1.807, 2.05) is 13.0 Å². The van der Waals surface area contributed by atoms with Crippen LogP contribution < -0.4 is 11.1 Å². The lowest BCUT2D eigenvalue weighted by Crippen LogP contribution is -2.12. The molecule has 2 aromatic carbocycles. The Morgan fingerprint density at radius 1 is 1.05 bits per heavy atom.